The zero-order chi connectivity index (χ0) is 17.3. The van der Waals surface area contributed by atoms with E-state index in [1.54, 1.807) is 13.8 Å². The van der Waals surface area contributed by atoms with E-state index >= 15 is 0 Å². The molecule has 0 saturated carbocycles. The third-order valence-electron chi connectivity index (χ3n) is 3.31. The first-order valence-electron chi connectivity index (χ1n) is 7.00. The van der Waals surface area contributed by atoms with Gasteiger partial charge in [-0.15, -0.1) is 0 Å². The van der Waals surface area contributed by atoms with Crippen molar-refractivity contribution in [2.24, 2.45) is 7.05 Å². The molecule has 1 aromatic heterocycles. The highest BCUT2D eigenvalue weighted by molar-refractivity contribution is 7.91. The van der Waals surface area contributed by atoms with E-state index in [0.717, 1.165) is 4.68 Å². The van der Waals surface area contributed by atoms with Gasteiger partial charge >= 0.3 is 5.97 Å². The fourth-order valence-electron chi connectivity index (χ4n) is 2.52. The first-order valence-corrected chi connectivity index (χ1v) is 8.66. The van der Waals surface area contributed by atoms with E-state index in [0.29, 0.717) is 0 Å². The second-order valence-electron chi connectivity index (χ2n) is 5.76. The summed E-state index contributed by atoms with van der Waals surface area (Å²) >= 11 is 0. The standard InChI is InChI=1S/C12H20N4O6S/c1-12(2)21-8(6-10(17)20-4)5-9(22-12)7-23(18,19)11-13-14-15-16(11)3/h8-9H,5-7H2,1-4H3/t8-,9?/m0/s1. The molecule has 2 rings (SSSR count). The SMILES string of the molecule is COC(=O)C[C@@H]1CC(CS(=O)(=O)c2nnnn2C)OC(C)(C)O1. The zero-order valence-corrected chi connectivity index (χ0v) is 14.2. The molecule has 0 amide bonds. The zero-order valence-electron chi connectivity index (χ0n) is 13.4. The number of carbonyl (C=O) groups excluding carboxylic acids is 1. The summed E-state index contributed by atoms with van der Waals surface area (Å²) in [5.41, 5.74) is 0. The first kappa shape index (κ1) is 17.8. The van der Waals surface area contributed by atoms with E-state index in [1.165, 1.54) is 14.2 Å². The highest BCUT2D eigenvalue weighted by Gasteiger charge is 2.39. The Labute approximate surface area is 134 Å². The summed E-state index contributed by atoms with van der Waals surface area (Å²) < 4.78 is 41.8. The summed E-state index contributed by atoms with van der Waals surface area (Å²) in [7, 11) is -0.991. The Bertz CT molecular complexity index is 671. The average Bonchev–Trinajstić information content (AvgIpc) is 2.83. The molecule has 130 valence electrons. The van der Waals surface area contributed by atoms with Crippen molar-refractivity contribution in [2.45, 2.75) is 49.8 Å². The van der Waals surface area contributed by atoms with Gasteiger partial charge in [0.2, 0.25) is 9.84 Å². The number of ether oxygens (including phenoxy) is 3. The number of nitrogens with zero attached hydrogens (tertiary/aromatic N) is 4. The van der Waals surface area contributed by atoms with Crippen molar-refractivity contribution in [1.82, 2.24) is 20.2 Å². The fourth-order valence-corrected chi connectivity index (χ4v) is 3.96. The Kier molecular flexibility index (Phi) is 5.01. The lowest BCUT2D eigenvalue weighted by atomic mass is 10.1. The smallest absolute Gasteiger partial charge is 0.308 e. The van der Waals surface area contributed by atoms with Gasteiger partial charge in [-0.3, -0.25) is 4.79 Å². The van der Waals surface area contributed by atoms with Crippen molar-refractivity contribution in [3.05, 3.63) is 0 Å². The summed E-state index contributed by atoms with van der Waals surface area (Å²) in [5, 5.41) is 10.1. The third-order valence-corrected chi connectivity index (χ3v) is 5.03. The molecule has 23 heavy (non-hydrogen) atoms. The molecule has 0 aliphatic carbocycles. The number of rotatable bonds is 5. The molecule has 10 nitrogen and oxygen atoms in total. The maximum absolute atomic E-state index is 12.4. The fraction of sp³-hybridized carbons (Fsp3) is 0.833. The van der Waals surface area contributed by atoms with Gasteiger partial charge in [0.05, 0.1) is 31.5 Å². The van der Waals surface area contributed by atoms with Crippen LogP contribution in [0, 0.1) is 0 Å². The molecule has 0 spiro atoms. The topological polar surface area (TPSA) is 123 Å². The molecule has 1 unspecified atom stereocenters. The van der Waals surface area contributed by atoms with Gasteiger partial charge in [-0.05, 0) is 24.3 Å². The summed E-state index contributed by atoms with van der Waals surface area (Å²) in [4.78, 5) is 11.4. The molecular weight excluding hydrogens is 328 g/mol. The summed E-state index contributed by atoms with van der Waals surface area (Å²) in [6.07, 6.45) is -0.840. The number of hydrogen-bond acceptors (Lipinski definition) is 9. The highest BCUT2D eigenvalue weighted by atomic mass is 32.2. The normalized spacial score (nSPS) is 24.3. The average molecular weight is 348 g/mol. The third kappa shape index (κ3) is 4.45. The molecule has 0 bridgehead atoms. The van der Waals surface area contributed by atoms with Gasteiger partial charge in [-0.25, -0.2) is 13.1 Å². The minimum absolute atomic E-state index is 0.0331. The van der Waals surface area contributed by atoms with Gasteiger partial charge in [0.1, 0.15) is 0 Å². The maximum Gasteiger partial charge on any atom is 0.308 e. The Morgan fingerprint density at radius 2 is 2.04 bits per heavy atom. The molecule has 0 radical (unpaired) electrons. The van der Waals surface area contributed by atoms with Gasteiger partial charge in [-0.1, -0.05) is 5.10 Å². The molecule has 0 aromatic carbocycles. The van der Waals surface area contributed by atoms with Gasteiger partial charge in [0, 0.05) is 13.5 Å². The molecule has 1 fully saturated rings. The lowest BCUT2D eigenvalue weighted by molar-refractivity contribution is -0.295. The lowest BCUT2D eigenvalue weighted by Crippen LogP contribution is -2.47. The Hall–Kier alpha value is -1.59. The van der Waals surface area contributed by atoms with E-state index in [9.17, 15) is 13.2 Å². The van der Waals surface area contributed by atoms with Crippen molar-refractivity contribution in [2.75, 3.05) is 12.9 Å². The summed E-state index contributed by atoms with van der Waals surface area (Å²) in [6.45, 7) is 3.33. The van der Waals surface area contributed by atoms with Crippen LogP contribution in [0.2, 0.25) is 0 Å². The molecule has 2 heterocycles. The van der Waals surface area contributed by atoms with Crippen molar-refractivity contribution < 1.29 is 27.4 Å². The molecule has 1 saturated heterocycles. The van der Waals surface area contributed by atoms with Crippen LogP contribution in [0.5, 0.6) is 0 Å². The van der Waals surface area contributed by atoms with Crippen LogP contribution in [-0.4, -0.2) is 65.5 Å². The largest absolute Gasteiger partial charge is 0.469 e. The van der Waals surface area contributed by atoms with Gasteiger partial charge < -0.3 is 14.2 Å². The predicted molar refractivity (Wildman–Crippen MR) is 75.9 cm³/mol. The molecule has 0 N–H and O–H groups in total. The number of hydrogen-bond donors (Lipinski definition) is 0. The maximum atomic E-state index is 12.4. The van der Waals surface area contributed by atoms with Gasteiger partial charge in [0.25, 0.3) is 5.16 Å². The summed E-state index contributed by atoms with van der Waals surface area (Å²) in [5.74, 6) is -1.73. The van der Waals surface area contributed by atoms with Crippen LogP contribution in [0.4, 0.5) is 0 Å². The van der Waals surface area contributed by atoms with E-state index in [4.69, 9.17) is 9.47 Å². The number of esters is 1. The van der Waals surface area contributed by atoms with E-state index in [1.807, 2.05) is 0 Å². The number of aryl methyl sites for hydroxylation is 1. The number of methoxy groups -OCH3 is 1. The molecule has 1 aromatic rings. The van der Waals surface area contributed by atoms with Crippen molar-refractivity contribution in [3.63, 3.8) is 0 Å². The van der Waals surface area contributed by atoms with Crippen molar-refractivity contribution in [3.8, 4) is 0 Å². The van der Waals surface area contributed by atoms with Crippen LogP contribution < -0.4 is 0 Å². The van der Waals surface area contributed by atoms with Gasteiger partial charge in [-0.2, -0.15) is 0 Å². The Balaban J connectivity index is 2.12. The molecule has 11 heteroatoms. The van der Waals surface area contributed by atoms with E-state index in [2.05, 4.69) is 20.3 Å². The molecule has 1 aliphatic rings. The lowest BCUT2D eigenvalue weighted by Gasteiger charge is -2.40. The van der Waals surface area contributed by atoms with Crippen LogP contribution in [0.3, 0.4) is 0 Å². The molecule has 2 atom stereocenters. The molecule has 1 aliphatic heterocycles. The van der Waals surface area contributed by atoms with Crippen LogP contribution in [0.15, 0.2) is 5.16 Å². The van der Waals surface area contributed by atoms with E-state index in [-0.39, 0.29) is 23.8 Å². The Morgan fingerprint density at radius 3 is 2.61 bits per heavy atom. The summed E-state index contributed by atoms with van der Waals surface area (Å²) in [6, 6.07) is 0. The van der Waals surface area contributed by atoms with Crippen molar-refractivity contribution in [1.29, 1.82) is 0 Å². The minimum atomic E-state index is -3.72. The monoisotopic (exact) mass is 348 g/mol. The van der Waals surface area contributed by atoms with Gasteiger partial charge in [0.15, 0.2) is 5.79 Å². The predicted octanol–water partition coefficient (Wildman–Crippen LogP) is -0.543. The quantitative estimate of drug-likeness (QED) is 0.645. The first-order chi connectivity index (χ1) is 10.6. The van der Waals surface area contributed by atoms with Crippen LogP contribution in [-0.2, 0) is 35.9 Å². The number of aromatic nitrogens is 4. The van der Waals surface area contributed by atoms with E-state index < -0.39 is 33.8 Å². The number of sulfone groups is 1. The van der Waals surface area contributed by atoms with Crippen molar-refractivity contribution >= 4 is 15.8 Å². The van der Waals surface area contributed by atoms with Crippen LogP contribution in [0.25, 0.3) is 0 Å². The molecular formula is C12H20N4O6S. The Morgan fingerprint density at radius 1 is 1.39 bits per heavy atom. The van der Waals surface area contributed by atoms with Crippen LogP contribution >= 0.6 is 0 Å². The highest BCUT2D eigenvalue weighted by Crippen LogP contribution is 2.29. The number of tetrazole rings is 1. The van der Waals surface area contributed by atoms with Crippen LogP contribution in [0.1, 0.15) is 26.7 Å². The minimum Gasteiger partial charge on any atom is -0.469 e. The second kappa shape index (κ2) is 6.49. The number of carbonyl (C=O) groups is 1. The second-order valence-corrected chi connectivity index (χ2v) is 7.69.